The highest BCUT2D eigenvalue weighted by Crippen LogP contribution is 2.25. The van der Waals surface area contributed by atoms with Gasteiger partial charge in [0.1, 0.15) is 17.1 Å². The van der Waals surface area contributed by atoms with Gasteiger partial charge in [-0.15, -0.1) is 11.3 Å². The summed E-state index contributed by atoms with van der Waals surface area (Å²) < 4.78 is 20.7. The van der Waals surface area contributed by atoms with Crippen molar-refractivity contribution < 1.29 is 13.9 Å². The van der Waals surface area contributed by atoms with E-state index in [4.69, 9.17) is 4.74 Å². The Kier molecular flexibility index (Phi) is 6.66. The zero-order valence-corrected chi connectivity index (χ0v) is 18.9. The van der Waals surface area contributed by atoms with E-state index < -0.39 is 0 Å². The van der Waals surface area contributed by atoms with E-state index >= 15 is 0 Å². The number of carbonyl (C=O) groups excluding carboxylic acids is 1. The number of amides is 1. The molecular formula is C23H25FN4O3S. The second-order valence-electron chi connectivity index (χ2n) is 7.82. The molecule has 1 aliphatic rings. The average molecular weight is 457 g/mol. The number of methoxy groups -OCH3 is 1. The maximum absolute atomic E-state index is 13.6. The molecule has 0 atom stereocenters. The van der Waals surface area contributed by atoms with Crippen molar-refractivity contribution in [2.24, 2.45) is 0 Å². The number of nitrogens with zero attached hydrogens (tertiary/aromatic N) is 4. The molecule has 4 rings (SSSR count). The Morgan fingerprint density at radius 1 is 1.28 bits per heavy atom. The normalized spacial score (nSPS) is 14.0. The second-order valence-corrected chi connectivity index (χ2v) is 8.54. The lowest BCUT2D eigenvalue weighted by Crippen LogP contribution is -2.32. The van der Waals surface area contributed by atoms with Gasteiger partial charge in [0.25, 0.3) is 11.5 Å². The minimum Gasteiger partial charge on any atom is -0.496 e. The number of hydrogen-bond donors (Lipinski definition) is 0. The minimum absolute atomic E-state index is 0.192. The lowest BCUT2D eigenvalue weighted by molar-refractivity contribution is 0.0777. The molecule has 0 saturated carbocycles. The molecule has 0 bridgehead atoms. The Balaban J connectivity index is 1.61. The maximum Gasteiger partial charge on any atom is 0.259 e. The quantitative estimate of drug-likeness (QED) is 0.571. The maximum atomic E-state index is 13.6. The van der Waals surface area contributed by atoms with E-state index in [1.807, 2.05) is 11.4 Å². The number of thiazole rings is 1. The summed E-state index contributed by atoms with van der Waals surface area (Å²) in [5.41, 5.74) is 4.31. The van der Waals surface area contributed by atoms with Crippen molar-refractivity contribution in [2.75, 3.05) is 27.2 Å². The van der Waals surface area contributed by atoms with Crippen LogP contribution in [0.4, 0.5) is 4.39 Å². The molecule has 0 spiro atoms. The predicted octanol–water partition coefficient (Wildman–Crippen LogP) is 2.78. The van der Waals surface area contributed by atoms with Gasteiger partial charge in [-0.3, -0.25) is 14.5 Å². The number of halogens is 1. The molecule has 168 valence electrons. The molecule has 0 radical (unpaired) electrons. The van der Waals surface area contributed by atoms with Gasteiger partial charge in [-0.05, 0) is 17.7 Å². The predicted molar refractivity (Wildman–Crippen MR) is 121 cm³/mol. The molecule has 0 fully saturated rings. The van der Waals surface area contributed by atoms with Crippen LogP contribution < -0.4 is 10.3 Å². The number of carbonyl (C=O) groups is 1. The van der Waals surface area contributed by atoms with Crippen LogP contribution in [0.15, 0.2) is 46.0 Å². The van der Waals surface area contributed by atoms with E-state index in [1.54, 1.807) is 28.1 Å². The molecule has 32 heavy (non-hydrogen) atoms. The highest BCUT2D eigenvalue weighted by Gasteiger charge is 2.27. The summed E-state index contributed by atoms with van der Waals surface area (Å²) in [5, 5.41) is 1.90. The summed E-state index contributed by atoms with van der Waals surface area (Å²) in [6, 6.07) is 7.92. The van der Waals surface area contributed by atoms with Gasteiger partial charge in [-0.25, -0.2) is 9.37 Å². The van der Waals surface area contributed by atoms with Gasteiger partial charge >= 0.3 is 0 Å². The summed E-state index contributed by atoms with van der Waals surface area (Å²) in [6.45, 7) is 2.65. The first-order chi connectivity index (χ1) is 15.5. The number of pyridine rings is 1. The van der Waals surface area contributed by atoms with Gasteiger partial charge in [-0.1, -0.05) is 12.1 Å². The molecule has 2 aromatic heterocycles. The molecule has 1 aromatic carbocycles. The average Bonchev–Trinajstić information content (AvgIpc) is 3.19. The van der Waals surface area contributed by atoms with Crippen molar-refractivity contribution in [2.45, 2.75) is 26.1 Å². The summed E-state index contributed by atoms with van der Waals surface area (Å²) >= 11 is 1.48. The molecule has 1 amide bonds. The monoisotopic (exact) mass is 456 g/mol. The SMILES string of the molecule is COc1cc(=O)n2c(c1C(=O)N(C)Cc1cscn1)CCN(Cc1cccc(F)c1)CC2. The van der Waals surface area contributed by atoms with Crippen LogP contribution in [0, 0.1) is 5.82 Å². The van der Waals surface area contributed by atoms with Crippen molar-refractivity contribution in [3.05, 3.63) is 79.9 Å². The van der Waals surface area contributed by atoms with Crippen LogP contribution in [-0.2, 0) is 26.1 Å². The molecule has 3 heterocycles. The van der Waals surface area contributed by atoms with E-state index in [-0.39, 0.29) is 23.0 Å². The molecule has 3 aromatic rings. The van der Waals surface area contributed by atoms with Crippen molar-refractivity contribution >= 4 is 17.2 Å². The molecule has 1 aliphatic heterocycles. The third-order valence-corrected chi connectivity index (χ3v) is 6.28. The molecule has 0 unspecified atom stereocenters. The first kappa shape index (κ1) is 22.2. The first-order valence-electron chi connectivity index (χ1n) is 10.4. The second kappa shape index (κ2) is 9.62. The summed E-state index contributed by atoms with van der Waals surface area (Å²) in [4.78, 5) is 34.2. The van der Waals surface area contributed by atoms with Gasteiger partial charge in [0.2, 0.25) is 0 Å². The van der Waals surface area contributed by atoms with E-state index in [2.05, 4.69) is 9.88 Å². The number of rotatable bonds is 6. The van der Waals surface area contributed by atoms with Crippen molar-refractivity contribution in [3.63, 3.8) is 0 Å². The van der Waals surface area contributed by atoms with Crippen molar-refractivity contribution in [1.82, 2.24) is 19.4 Å². The van der Waals surface area contributed by atoms with Gasteiger partial charge in [0.15, 0.2) is 0 Å². The van der Waals surface area contributed by atoms with E-state index in [1.165, 1.54) is 36.6 Å². The minimum atomic E-state index is -0.266. The fraction of sp³-hybridized carbons (Fsp3) is 0.348. The number of hydrogen-bond acceptors (Lipinski definition) is 6. The summed E-state index contributed by atoms with van der Waals surface area (Å²) in [5.74, 6) is -0.190. The molecule has 0 aliphatic carbocycles. The fourth-order valence-electron chi connectivity index (χ4n) is 4.06. The van der Waals surface area contributed by atoms with Crippen LogP contribution in [0.25, 0.3) is 0 Å². The van der Waals surface area contributed by atoms with Crippen LogP contribution in [-0.4, -0.2) is 52.5 Å². The van der Waals surface area contributed by atoms with Crippen molar-refractivity contribution in [1.29, 1.82) is 0 Å². The van der Waals surface area contributed by atoms with E-state index in [0.29, 0.717) is 50.4 Å². The third-order valence-electron chi connectivity index (χ3n) is 5.64. The Morgan fingerprint density at radius 3 is 2.84 bits per heavy atom. The van der Waals surface area contributed by atoms with Gasteiger partial charge in [0, 0.05) is 56.8 Å². The summed E-state index contributed by atoms with van der Waals surface area (Å²) in [6.07, 6.45) is 0.507. The van der Waals surface area contributed by atoms with Crippen LogP contribution in [0.3, 0.4) is 0 Å². The van der Waals surface area contributed by atoms with Crippen LogP contribution in [0.5, 0.6) is 5.75 Å². The Morgan fingerprint density at radius 2 is 2.12 bits per heavy atom. The zero-order chi connectivity index (χ0) is 22.7. The highest BCUT2D eigenvalue weighted by molar-refractivity contribution is 7.07. The lowest BCUT2D eigenvalue weighted by atomic mass is 10.1. The van der Waals surface area contributed by atoms with Crippen LogP contribution in [0.1, 0.15) is 27.3 Å². The topological polar surface area (TPSA) is 67.7 Å². The van der Waals surface area contributed by atoms with Crippen LogP contribution in [0.2, 0.25) is 0 Å². The lowest BCUT2D eigenvalue weighted by Gasteiger charge is -2.22. The number of ether oxygens (including phenoxy) is 1. The van der Waals surface area contributed by atoms with Gasteiger partial charge < -0.3 is 14.2 Å². The van der Waals surface area contributed by atoms with E-state index in [9.17, 15) is 14.0 Å². The molecule has 0 saturated heterocycles. The largest absolute Gasteiger partial charge is 0.496 e. The Labute approximate surface area is 189 Å². The Bertz CT molecular complexity index is 1160. The Hall–Kier alpha value is -3.04. The smallest absolute Gasteiger partial charge is 0.259 e. The zero-order valence-electron chi connectivity index (χ0n) is 18.1. The molecular weight excluding hydrogens is 431 g/mol. The first-order valence-corrected chi connectivity index (χ1v) is 11.3. The number of fused-ring (bicyclic) bond motifs is 1. The molecule has 0 N–H and O–H groups in total. The summed E-state index contributed by atoms with van der Waals surface area (Å²) in [7, 11) is 3.19. The highest BCUT2D eigenvalue weighted by atomic mass is 32.1. The van der Waals surface area contributed by atoms with Gasteiger partial charge in [0.05, 0.1) is 24.9 Å². The molecule has 7 nitrogen and oxygen atoms in total. The molecule has 9 heteroatoms. The number of aromatic nitrogens is 2. The third kappa shape index (κ3) is 4.73. The fourth-order valence-corrected chi connectivity index (χ4v) is 4.61. The van der Waals surface area contributed by atoms with Gasteiger partial charge in [-0.2, -0.15) is 0 Å². The van der Waals surface area contributed by atoms with Crippen molar-refractivity contribution in [3.8, 4) is 5.75 Å². The standard InChI is InChI=1S/C23H25FN4O3S/c1-26(13-18-14-32-15-25-18)23(30)22-19-6-7-27(12-16-4-3-5-17(24)10-16)8-9-28(19)21(29)11-20(22)31-2/h3-5,10-11,14-15H,6-9,12-13H2,1-2H3. The number of benzene rings is 1. The van der Waals surface area contributed by atoms with Crippen LogP contribution >= 0.6 is 11.3 Å². The van der Waals surface area contributed by atoms with E-state index in [0.717, 1.165) is 11.3 Å².